The Morgan fingerprint density at radius 3 is 2.75 bits per heavy atom. The van der Waals surface area contributed by atoms with Crippen molar-refractivity contribution in [1.82, 2.24) is 15.0 Å². The summed E-state index contributed by atoms with van der Waals surface area (Å²) in [4.78, 5) is 14.4. The van der Waals surface area contributed by atoms with E-state index in [1.54, 1.807) is 18.9 Å². The Kier molecular flexibility index (Phi) is 8.86. The third-order valence-corrected chi connectivity index (χ3v) is 8.50. The normalized spacial score (nSPS) is 32.4. The molecule has 0 saturated carbocycles. The Balaban J connectivity index is 1.50. The van der Waals surface area contributed by atoms with E-state index in [0.29, 0.717) is 13.2 Å². The third kappa shape index (κ3) is 5.84. The number of rotatable bonds is 8. The fraction of sp³-hybridized carbons (Fsp3) is 0.625. The van der Waals surface area contributed by atoms with Crippen molar-refractivity contribution in [2.45, 2.75) is 55.7 Å². The van der Waals surface area contributed by atoms with E-state index in [-0.39, 0.29) is 35.7 Å². The topological polar surface area (TPSA) is 133 Å². The second-order valence-electron chi connectivity index (χ2n) is 9.19. The van der Waals surface area contributed by atoms with Gasteiger partial charge >= 0.3 is 5.97 Å². The van der Waals surface area contributed by atoms with Gasteiger partial charge in [0.1, 0.15) is 23.8 Å². The van der Waals surface area contributed by atoms with Crippen molar-refractivity contribution in [3.63, 3.8) is 0 Å². The summed E-state index contributed by atoms with van der Waals surface area (Å²) in [5.41, 5.74) is 10.6. The molecule has 12 heteroatoms. The first-order valence-corrected chi connectivity index (χ1v) is 12.9. The molecule has 11 nitrogen and oxygen atoms in total. The summed E-state index contributed by atoms with van der Waals surface area (Å²) in [6.45, 7) is 6.60. The number of esters is 1. The Labute approximate surface area is 214 Å². The molecule has 8 unspecified atom stereocenters. The molecule has 1 aromatic heterocycles. The molecule has 1 aromatic carbocycles. The van der Waals surface area contributed by atoms with Crippen LogP contribution in [0.2, 0.25) is 0 Å². The van der Waals surface area contributed by atoms with Crippen LogP contribution in [0, 0.1) is 11.8 Å². The Morgan fingerprint density at radius 2 is 2.06 bits per heavy atom. The number of carbonyl (C=O) groups excluding carboxylic acids is 1. The number of nitrogens with zero attached hydrogens (tertiary/aromatic N) is 6. The summed E-state index contributed by atoms with van der Waals surface area (Å²) in [6.07, 6.45) is 1.07. The molecule has 2 aliphatic rings. The van der Waals surface area contributed by atoms with Gasteiger partial charge in [-0.15, -0.1) is 16.9 Å². The fourth-order valence-corrected chi connectivity index (χ4v) is 6.31. The molecule has 0 N–H and O–H groups in total. The van der Waals surface area contributed by atoms with Gasteiger partial charge in [0.15, 0.2) is 0 Å². The van der Waals surface area contributed by atoms with Crippen molar-refractivity contribution >= 4 is 17.7 Å². The van der Waals surface area contributed by atoms with Gasteiger partial charge in [-0.2, -0.15) is 0 Å². The predicted octanol–water partition coefficient (Wildman–Crippen LogP) is 3.87. The first-order chi connectivity index (χ1) is 17.4. The van der Waals surface area contributed by atoms with Crippen LogP contribution in [0.4, 0.5) is 0 Å². The molecule has 4 rings (SSSR count). The molecule has 2 saturated heterocycles. The van der Waals surface area contributed by atoms with Gasteiger partial charge in [0.2, 0.25) is 0 Å². The van der Waals surface area contributed by atoms with Crippen molar-refractivity contribution < 1.29 is 23.7 Å². The van der Waals surface area contributed by atoms with Crippen molar-refractivity contribution in [1.29, 1.82) is 0 Å². The monoisotopic (exact) mass is 516 g/mol. The van der Waals surface area contributed by atoms with Crippen LogP contribution in [-0.2, 0) is 23.7 Å². The summed E-state index contributed by atoms with van der Waals surface area (Å²) in [5.74, 6) is -0.398. The van der Waals surface area contributed by atoms with Crippen LogP contribution in [0.5, 0.6) is 0 Å². The lowest BCUT2D eigenvalue weighted by atomic mass is 9.89. The molecular weight excluding hydrogens is 484 g/mol. The lowest BCUT2D eigenvalue weighted by Crippen LogP contribution is -2.54. The second-order valence-corrected chi connectivity index (χ2v) is 10.5. The van der Waals surface area contributed by atoms with Gasteiger partial charge in [0, 0.05) is 29.8 Å². The molecule has 2 aliphatic heterocycles. The second kappa shape index (κ2) is 12.1. The average molecular weight is 517 g/mol. The van der Waals surface area contributed by atoms with Crippen molar-refractivity contribution in [3.8, 4) is 11.3 Å². The summed E-state index contributed by atoms with van der Waals surface area (Å²) >= 11 is 1.60. The minimum Gasteiger partial charge on any atom is -0.463 e. The zero-order valence-electron chi connectivity index (χ0n) is 20.8. The smallest absolute Gasteiger partial charge is 0.302 e. The molecule has 8 atom stereocenters. The maximum absolute atomic E-state index is 11.4. The average Bonchev–Trinajstić information content (AvgIpc) is 3.37. The van der Waals surface area contributed by atoms with Crippen molar-refractivity contribution in [2.24, 2.45) is 17.0 Å². The Morgan fingerprint density at radius 1 is 1.28 bits per heavy atom. The Hall–Kier alpha value is -2.63. The predicted molar refractivity (Wildman–Crippen MR) is 134 cm³/mol. The van der Waals surface area contributed by atoms with Crippen LogP contribution >= 0.6 is 11.8 Å². The first-order valence-electron chi connectivity index (χ1n) is 12.0. The lowest BCUT2D eigenvalue weighted by molar-refractivity contribution is -0.162. The Bertz CT molecular complexity index is 1060. The maximum Gasteiger partial charge on any atom is 0.302 e. The summed E-state index contributed by atoms with van der Waals surface area (Å²) in [7, 11) is 1.59. The summed E-state index contributed by atoms with van der Waals surface area (Å²) in [6, 6.07) is 9.46. The highest BCUT2D eigenvalue weighted by Crippen LogP contribution is 2.41. The van der Waals surface area contributed by atoms with E-state index >= 15 is 0 Å². The van der Waals surface area contributed by atoms with Gasteiger partial charge in [-0.3, -0.25) is 4.79 Å². The minimum absolute atomic E-state index is 0.00510. The molecule has 0 radical (unpaired) electrons. The van der Waals surface area contributed by atoms with E-state index < -0.39 is 23.7 Å². The van der Waals surface area contributed by atoms with E-state index in [9.17, 15) is 10.3 Å². The molecule has 36 heavy (non-hydrogen) atoms. The van der Waals surface area contributed by atoms with Gasteiger partial charge in [-0.1, -0.05) is 54.5 Å². The number of ether oxygens (including phenoxy) is 4. The molecule has 0 amide bonds. The summed E-state index contributed by atoms with van der Waals surface area (Å²) < 4.78 is 25.2. The van der Waals surface area contributed by atoms with Crippen LogP contribution in [0.1, 0.15) is 26.8 Å². The zero-order valence-corrected chi connectivity index (χ0v) is 21.7. The summed E-state index contributed by atoms with van der Waals surface area (Å²) in [5, 5.41) is 12.8. The van der Waals surface area contributed by atoms with Gasteiger partial charge in [0.25, 0.3) is 0 Å². The van der Waals surface area contributed by atoms with Crippen molar-refractivity contribution in [3.05, 3.63) is 47.0 Å². The maximum atomic E-state index is 11.4. The molecule has 0 spiro atoms. The van der Waals surface area contributed by atoms with E-state index in [2.05, 4.69) is 27.3 Å². The molecule has 0 bridgehead atoms. The lowest BCUT2D eigenvalue weighted by Gasteiger charge is -2.45. The van der Waals surface area contributed by atoms with Crippen LogP contribution < -0.4 is 0 Å². The number of azide groups is 1. The number of thioether (sulfide) groups is 1. The largest absolute Gasteiger partial charge is 0.463 e. The highest BCUT2D eigenvalue weighted by Gasteiger charge is 2.46. The van der Waals surface area contributed by atoms with Crippen LogP contribution in [-0.4, -0.2) is 76.8 Å². The van der Waals surface area contributed by atoms with Gasteiger partial charge in [-0.05, 0) is 17.4 Å². The highest BCUT2D eigenvalue weighted by atomic mass is 32.2. The van der Waals surface area contributed by atoms with Gasteiger partial charge in [0.05, 0.1) is 37.6 Å². The SMILES string of the molecule is COC1C(SC2COCC(n3cc(-c4ccccc4)nn3)C2C)OC(COC(C)=O)C(C)C1N=[N+]=[N-]. The number of hydrogen-bond donors (Lipinski definition) is 0. The third-order valence-electron chi connectivity index (χ3n) is 6.94. The van der Waals surface area contributed by atoms with E-state index in [4.69, 9.17) is 18.9 Å². The van der Waals surface area contributed by atoms with E-state index in [0.717, 1.165) is 11.3 Å². The number of methoxy groups -OCH3 is 1. The van der Waals surface area contributed by atoms with Crippen LogP contribution in [0.25, 0.3) is 21.7 Å². The minimum atomic E-state index is -0.467. The number of hydrogen-bond acceptors (Lipinski definition) is 9. The quantitative estimate of drug-likeness (QED) is 0.223. The molecule has 2 aromatic rings. The van der Waals surface area contributed by atoms with Crippen LogP contribution in [0.15, 0.2) is 41.6 Å². The standard InChI is InChI=1S/C24H32N6O5S/c1-14-19(30-10-18(26-29-30)17-8-6-5-7-9-17)11-33-13-21(14)36-24-23(32-4)22(27-28-25)15(2)20(35-24)12-34-16(3)31/h5-10,14-15,19-24H,11-13H2,1-4H3. The van der Waals surface area contributed by atoms with Crippen LogP contribution in [0.3, 0.4) is 0 Å². The van der Waals surface area contributed by atoms with E-state index in [1.165, 1.54) is 6.92 Å². The fourth-order valence-electron chi connectivity index (χ4n) is 4.72. The van der Waals surface area contributed by atoms with Gasteiger partial charge < -0.3 is 18.9 Å². The first kappa shape index (κ1) is 26.4. The molecule has 2 fully saturated rings. The van der Waals surface area contributed by atoms with Crippen molar-refractivity contribution in [2.75, 3.05) is 26.9 Å². The molecule has 0 aliphatic carbocycles. The molecular formula is C24H32N6O5S. The van der Waals surface area contributed by atoms with E-state index in [1.807, 2.05) is 48.1 Å². The highest BCUT2D eigenvalue weighted by molar-refractivity contribution is 8.00. The zero-order chi connectivity index (χ0) is 25.7. The molecule has 3 heterocycles. The number of aromatic nitrogens is 3. The number of carbonyl (C=O) groups is 1. The number of benzene rings is 1. The molecule has 194 valence electrons. The van der Waals surface area contributed by atoms with Gasteiger partial charge in [-0.25, -0.2) is 4.68 Å².